The molecular formula is C21H21NO2. The number of carbonyl (C=O) groups is 1. The van der Waals surface area contributed by atoms with Gasteiger partial charge in [0.05, 0.1) is 13.5 Å². The van der Waals surface area contributed by atoms with Crippen LogP contribution in [0.2, 0.25) is 0 Å². The molecule has 0 saturated carbocycles. The highest BCUT2D eigenvalue weighted by molar-refractivity contribution is 5.85. The zero-order valence-corrected chi connectivity index (χ0v) is 13.8. The maximum atomic E-state index is 12.1. The zero-order chi connectivity index (χ0) is 16.8. The molecule has 122 valence electrons. The number of carbonyl (C=O) groups excluding carboxylic acids is 1. The SMILES string of the molecule is COc1ccc(CC(=O)NCCc2cccc3ccccc23)cc1. The normalized spacial score (nSPS) is 10.5. The van der Waals surface area contributed by atoms with Gasteiger partial charge in [0.15, 0.2) is 0 Å². The van der Waals surface area contributed by atoms with Crippen LogP contribution in [0.3, 0.4) is 0 Å². The molecule has 0 aliphatic rings. The number of rotatable bonds is 6. The lowest BCUT2D eigenvalue weighted by Crippen LogP contribution is -2.27. The molecule has 3 heteroatoms. The fourth-order valence-corrected chi connectivity index (χ4v) is 2.84. The summed E-state index contributed by atoms with van der Waals surface area (Å²) >= 11 is 0. The van der Waals surface area contributed by atoms with Crippen molar-refractivity contribution in [3.63, 3.8) is 0 Å². The molecule has 0 aliphatic heterocycles. The molecule has 0 aromatic heterocycles. The first kappa shape index (κ1) is 16.1. The third kappa shape index (κ3) is 3.93. The second kappa shape index (κ2) is 7.64. The maximum Gasteiger partial charge on any atom is 0.224 e. The lowest BCUT2D eigenvalue weighted by molar-refractivity contribution is -0.120. The first-order valence-electron chi connectivity index (χ1n) is 8.12. The Morgan fingerprint density at radius 3 is 2.50 bits per heavy atom. The molecular weight excluding hydrogens is 298 g/mol. The second-order valence-electron chi connectivity index (χ2n) is 5.76. The van der Waals surface area contributed by atoms with E-state index < -0.39 is 0 Å². The molecule has 0 radical (unpaired) electrons. The molecule has 0 unspecified atom stereocenters. The molecule has 0 fully saturated rings. The van der Waals surface area contributed by atoms with Gasteiger partial charge in [0.2, 0.25) is 5.91 Å². The summed E-state index contributed by atoms with van der Waals surface area (Å²) in [5.74, 6) is 0.843. The van der Waals surface area contributed by atoms with E-state index in [0.717, 1.165) is 17.7 Å². The van der Waals surface area contributed by atoms with Crippen LogP contribution in [0, 0.1) is 0 Å². The highest BCUT2D eigenvalue weighted by atomic mass is 16.5. The van der Waals surface area contributed by atoms with Crippen molar-refractivity contribution < 1.29 is 9.53 Å². The fraction of sp³-hybridized carbons (Fsp3) is 0.190. The van der Waals surface area contributed by atoms with E-state index in [-0.39, 0.29) is 5.91 Å². The number of hydrogen-bond acceptors (Lipinski definition) is 2. The van der Waals surface area contributed by atoms with Crippen molar-refractivity contribution in [3.05, 3.63) is 77.9 Å². The van der Waals surface area contributed by atoms with Gasteiger partial charge in [0.1, 0.15) is 5.75 Å². The summed E-state index contributed by atoms with van der Waals surface area (Å²) < 4.78 is 5.12. The third-order valence-corrected chi connectivity index (χ3v) is 4.12. The van der Waals surface area contributed by atoms with Crippen molar-refractivity contribution in [2.45, 2.75) is 12.8 Å². The van der Waals surface area contributed by atoms with Crippen LogP contribution in [-0.4, -0.2) is 19.6 Å². The number of fused-ring (bicyclic) bond motifs is 1. The Bertz CT molecular complexity index is 819. The number of amides is 1. The molecule has 0 aliphatic carbocycles. The van der Waals surface area contributed by atoms with Crippen LogP contribution in [0.4, 0.5) is 0 Å². The first-order chi connectivity index (χ1) is 11.8. The Kier molecular flexibility index (Phi) is 5.12. The van der Waals surface area contributed by atoms with Crippen LogP contribution in [0.5, 0.6) is 5.75 Å². The van der Waals surface area contributed by atoms with Crippen molar-refractivity contribution in [3.8, 4) is 5.75 Å². The van der Waals surface area contributed by atoms with Gasteiger partial charge < -0.3 is 10.1 Å². The van der Waals surface area contributed by atoms with Gasteiger partial charge in [-0.05, 0) is 40.5 Å². The van der Waals surface area contributed by atoms with E-state index >= 15 is 0 Å². The van der Waals surface area contributed by atoms with Crippen LogP contribution >= 0.6 is 0 Å². The van der Waals surface area contributed by atoms with Crippen molar-refractivity contribution in [1.29, 1.82) is 0 Å². The number of ether oxygens (including phenoxy) is 1. The standard InChI is InChI=1S/C21H21NO2/c1-24-19-11-9-16(10-12-19)15-21(23)22-14-13-18-7-4-6-17-5-2-3-8-20(17)18/h2-12H,13-15H2,1H3,(H,22,23). The molecule has 0 saturated heterocycles. The molecule has 0 atom stereocenters. The molecule has 0 bridgehead atoms. The van der Waals surface area contributed by atoms with Gasteiger partial charge >= 0.3 is 0 Å². The topological polar surface area (TPSA) is 38.3 Å². The Balaban J connectivity index is 1.54. The summed E-state index contributed by atoms with van der Waals surface area (Å²) in [7, 11) is 1.63. The largest absolute Gasteiger partial charge is 0.497 e. The Hall–Kier alpha value is -2.81. The maximum absolute atomic E-state index is 12.1. The van der Waals surface area contributed by atoms with E-state index in [1.54, 1.807) is 7.11 Å². The van der Waals surface area contributed by atoms with E-state index in [0.29, 0.717) is 13.0 Å². The minimum absolute atomic E-state index is 0.0420. The summed E-state index contributed by atoms with van der Waals surface area (Å²) in [5, 5.41) is 5.49. The van der Waals surface area contributed by atoms with E-state index in [1.165, 1.54) is 16.3 Å². The number of benzene rings is 3. The summed E-state index contributed by atoms with van der Waals surface area (Å²) in [6.45, 7) is 0.642. The van der Waals surface area contributed by atoms with Crippen molar-refractivity contribution in [1.82, 2.24) is 5.32 Å². The second-order valence-corrected chi connectivity index (χ2v) is 5.76. The molecule has 24 heavy (non-hydrogen) atoms. The van der Waals surface area contributed by atoms with Crippen LogP contribution in [0.1, 0.15) is 11.1 Å². The van der Waals surface area contributed by atoms with Crippen LogP contribution in [-0.2, 0) is 17.6 Å². The van der Waals surface area contributed by atoms with Crippen LogP contribution in [0.25, 0.3) is 10.8 Å². The molecule has 3 nitrogen and oxygen atoms in total. The highest BCUT2D eigenvalue weighted by Crippen LogP contribution is 2.18. The van der Waals surface area contributed by atoms with Gasteiger partial charge in [-0.1, -0.05) is 54.6 Å². The minimum Gasteiger partial charge on any atom is -0.497 e. The molecule has 3 aromatic rings. The van der Waals surface area contributed by atoms with Gasteiger partial charge in [-0.3, -0.25) is 4.79 Å². The van der Waals surface area contributed by atoms with Crippen molar-refractivity contribution in [2.75, 3.05) is 13.7 Å². The van der Waals surface area contributed by atoms with E-state index in [1.807, 2.05) is 36.4 Å². The summed E-state index contributed by atoms with van der Waals surface area (Å²) in [4.78, 5) is 12.1. The lowest BCUT2D eigenvalue weighted by Gasteiger charge is -2.08. The monoisotopic (exact) mass is 319 g/mol. The molecule has 3 rings (SSSR count). The third-order valence-electron chi connectivity index (χ3n) is 4.12. The van der Waals surface area contributed by atoms with Crippen molar-refractivity contribution >= 4 is 16.7 Å². The number of hydrogen-bond donors (Lipinski definition) is 1. The summed E-state index contributed by atoms with van der Waals surface area (Å²) in [5.41, 5.74) is 2.25. The Morgan fingerprint density at radius 2 is 1.71 bits per heavy atom. The quantitative estimate of drug-likeness (QED) is 0.751. The Labute approximate surface area is 142 Å². The molecule has 1 N–H and O–H groups in total. The van der Waals surface area contributed by atoms with E-state index in [9.17, 15) is 4.79 Å². The Morgan fingerprint density at radius 1 is 0.958 bits per heavy atom. The van der Waals surface area contributed by atoms with Crippen LogP contribution < -0.4 is 10.1 Å². The van der Waals surface area contributed by atoms with Crippen LogP contribution in [0.15, 0.2) is 66.7 Å². The van der Waals surface area contributed by atoms with E-state index in [2.05, 4.69) is 35.6 Å². The number of nitrogens with one attached hydrogen (secondary N) is 1. The molecule has 0 spiro atoms. The van der Waals surface area contributed by atoms with Gasteiger partial charge in [-0.25, -0.2) is 0 Å². The van der Waals surface area contributed by atoms with Gasteiger partial charge in [0, 0.05) is 6.54 Å². The predicted molar refractivity (Wildman–Crippen MR) is 97.4 cm³/mol. The highest BCUT2D eigenvalue weighted by Gasteiger charge is 2.05. The molecule has 0 heterocycles. The fourth-order valence-electron chi connectivity index (χ4n) is 2.84. The molecule has 3 aromatic carbocycles. The summed E-state index contributed by atoms with van der Waals surface area (Å²) in [6, 6.07) is 22.2. The predicted octanol–water partition coefficient (Wildman–Crippen LogP) is 3.75. The van der Waals surface area contributed by atoms with E-state index in [4.69, 9.17) is 4.74 Å². The lowest BCUT2D eigenvalue weighted by atomic mass is 10.0. The number of methoxy groups -OCH3 is 1. The first-order valence-corrected chi connectivity index (χ1v) is 8.12. The van der Waals surface area contributed by atoms with Crippen molar-refractivity contribution in [2.24, 2.45) is 0 Å². The van der Waals surface area contributed by atoms with Gasteiger partial charge in [-0.15, -0.1) is 0 Å². The minimum atomic E-state index is 0.0420. The zero-order valence-electron chi connectivity index (χ0n) is 13.8. The average Bonchev–Trinajstić information content (AvgIpc) is 2.62. The average molecular weight is 319 g/mol. The smallest absolute Gasteiger partial charge is 0.224 e. The molecule has 1 amide bonds. The van der Waals surface area contributed by atoms with Gasteiger partial charge in [-0.2, -0.15) is 0 Å². The summed E-state index contributed by atoms with van der Waals surface area (Å²) in [6.07, 6.45) is 1.22. The van der Waals surface area contributed by atoms with Gasteiger partial charge in [0.25, 0.3) is 0 Å².